The summed E-state index contributed by atoms with van der Waals surface area (Å²) in [5, 5.41) is 17.5. The molecule has 4 nitrogen and oxygen atoms in total. The van der Waals surface area contributed by atoms with Crippen molar-refractivity contribution < 1.29 is 5.11 Å². The van der Waals surface area contributed by atoms with Crippen molar-refractivity contribution in [3.05, 3.63) is 11.9 Å². The summed E-state index contributed by atoms with van der Waals surface area (Å²) in [6, 6.07) is 0. The van der Waals surface area contributed by atoms with E-state index in [1.807, 2.05) is 40.9 Å². The summed E-state index contributed by atoms with van der Waals surface area (Å²) in [5.41, 5.74) is 1.25. The van der Waals surface area contributed by atoms with Crippen LogP contribution >= 0.6 is 0 Å². The molecule has 0 bridgehead atoms. The summed E-state index contributed by atoms with van der Waals surface area (Å²) >= 11 is 0. The Bertz CT molecular complexity index is 329. The van der Waals surface area contributed by atoms with E-state index in [4.69, 9.17) is 0 Å². The zero-order valence-electron chi connectivity index (χ0n) is 10.2. The number of aromatic nitrogens is 2. The van der Waals surface area contributed by atoms with Crippen LogP contribution in [-0.4, -0.2) is 27.0 Å². The summed E-state index contributed by atoms with van der Waals surface area (Å²) in [6.45, 7) is 8.36. The van der Waals surface area contributed by atoms with Crippen LogP contribution < -0.4 is 5.32 Å². The lowest BCUT2D eigenvalue weighted by Crippen LogP contribution is -2.38. The largest absolute Gasteiger partial charge is 0.388 e. The highest BCUT2D eigenvalue weighted by molar-refractivity contribution is 5.45. The van der Waals surface area contributed by atoms with E-state index in [0.29, 0.717) is 6.54 Å². The molecule has 86 valence electrons. The normalized spacial score (nSPS) is 15.4. The van der Waals surface area contributed by atoms with Crippen molar-refractivity contribution >= 4 is 5.69 Å². The molecule has 1 unspecified atom stereocenters. The van der Waals surface area contributed by atoms with Crippen LogP contribution in [0.15, 0.2) is 6.20 Å². The minimum Gasteiger partial charge on any atom is -0.388 e. The van der Waals surface area contributed by atoms with Crippen molar-refractivity contribution in [2.75, 3.05) is 11.9 Å². The molecule has 0 aliphatic carbocycles. The molecule has 0 saturated heterocycles. The smallest absolute Gasteiger partial charge is 0.0824 e. The molecule has 0 aromatic carbocycles. The van der Waals surface area contributed by atoms with Crippen LogP contribution in [0.4, 0.5) is 5.69 Å². The first-order valence-corrected chi connectivity index (χ1v) is 5.29. The first kappa shape index (κ1) is 12.0. The van der Waals surface area contributed by atoms with Crippen molar-refractivity contribution in [1.82, 2.24) is 9.78 Å². The van der Waals surface area contributed by atoms with Gasteiger partial charge in [-0.1, -0.05) is 13.8 Å². The van der Waals surface area contributed by atoms with Crippen molar-refractivity contribution in [1.29, 1.82) is 0 Å². The van der Waals surface area contributed by atoms with Gasteiger partial charge in [0.25, 0.3) is 0 Å². The standard InChI is InChI=1S/C11H21N3O/c1-8(2)11(4,15)7-12-10-6-14(5)13-9(10)3/h6,8,12,15H,7H2,1-5H3. The van der Waals surface area contributed by atoms with Gasteiger partial charge in [-0.05, 0) is 19.8 Å². The lowest BCUT2D eigenvalue weighted by Gasteiger charge is -2.28. The van der Waals surface area contributed by atoms with Gasteiger partial charge in [0, 0.05) is 19.8 Å². The number of nitrogens with one attached hydrogen (secondary N) is 1. The Morgan fingerprint density at radius 3 is 2.60 bits per heavy atom. The second kappa shape index (κ2) is 4.23. The molecular formula is C11H21N3O. The van der Waals surface area contributed by atoms with Crippen molar-refractivity contribution in [2.45, 2.75) is 33.3 Å². The third-order valence-corrected chi connectivity index (χ3v) is 2.89. The van der Waals surface area contributed by atoms with Crippen LogP contribution in [0.3, 0.4) is 0 Å². The Balaban J connectivity index is 2.61. The van der Waals surface area contributed by atoms with E-state index in [9.17, 15) is 5.11 Å². The van der Waals surface area contributed by atoms with E-state index in [1.54, 1.807) is 4.68 Å². The van der Waals surface area contributed by atoms with Gasteiger partial charge in [-0.2, -0.15) is 5.10 Å². The van der Waals surface area contributed by atoms with Crippen LogP contribution in [0.5, 0.6) is 0 Å². The number of hydrogen-bond acceptors (Lipinski definition) is 3. The average Bonchev–Trinajstić information content (AvgIpc) is 2.41. The SMILES string of the molecule is Cc1nn(C)cc1NCC(C)(O)C(C)C. The summed E-state index contributed by atoms with van der Waals surface area (Å²) < 4.78 is 1.77. The second-order valence-corrected chi connectivity index (χ2v) is 4.67. The predicted molar refractivity (Wildman–Crippen MR) is 61.9 cm³/mol. The number of aryl methyl sites for hydroxylation is 2. The summed E-state index contributed by atoms with van der Waals surface area (Å²) in [5.74, 6) is 0.224. The molecule has 1 atom stereocenters. The highest BCUT2D eigenvalue weighted by Gasteiger charge is 2.24. The second-order valence-electron chi connectivity index (χ2n) is 4.67. The van der Waals surface area contributed by atoms with Crippen molar-refractivity contribution in [3.63, 3.8) is 0 Å². The minimum absolute atomic E-state index is 0.224. The van der Waals surface area contributed by atoms with Gasteiger partial charge in [-0.15, -0.1) is 0 Å². The molecule has 1 rings (SSSR count). The molecule has 0 fully saturated rings. The lowest BCUT2D eigenvalue weighted by atomic mass is 9.92. The van der Waals surface area contributed by atoms with Crippen LogP contribution in [0.25, 0.3) is 0 Å². The highest BCUT2D eigenvalue weighted by atomic mass is 16.3. The third-order valence-electron chi connectivity index (χ3n) is 2.89. The van der Waals surface area contributed by atoms with E-state index in [0.717, 1.165) is 11.4 Å². The fraction of sp³-hybridized carbons (Fsp3) is 0.727. The summed E-state index contributed by atoms with van der Waals surface area (Å²) in [7, 11) is 1.89. The Morgan fingerprint density at radius 1 is 1.60 bits per heavy atom. The van der Waals surface area contributed by atoms with Gasteiger partial charge >= 0.3 is 0 Å². The number of rotatable bonds is 4. The van der Waals surface area contributed by atoms with Gasteiger partial charge in [-0.3, -0.25) is 4.68 Å². The first-order chi connectivity index (χ1) is 6.83. The van der Waals surface area contributed by atoms with E-state index in [1.165, 1.54) is 0 Å². The van der Waals surface area contributed by atoms with Gasteiger partial charge in [0.2, 0.25) is 0 Å². The molecular weight excluding hydrogens is 190 g/mol. The molecule has 0 saturated carbocycles. The van der Waals surface area contributed by atoms with Gasteiger partial charge < -0.3 is 10.4 Å². The molecule has 0 aliphatic rings. The van der Waals surface area contributed by atoms with Gasteiger partial charge in [0.15, 0.2) is 0 Å². The Labute approximate surface area is 91.3 Å². The summed E-state index contributed by atoms with van der Waals surface area (Å²) in [4.78, 5) is 0. The molecule has 4 heteroatoms. The third kappa shape index (κ3) is 2.96. The number of anilines is 1. The maximum Gasteiger partial charge on any atom is 0.0824 e. The zero-order chi connectivity index (χ0) is 11.6. The molecule has 1 aromatic heterocycles. The fourth-order valence-electron chi connectivity index (χ4n) is 1.25. The summed E-state index contributed by atoms with van der Waals surface area (Å²) in [6.07, 6.45) is 1.92. The number of hydrogen-bond donors (Lipinski definition) is 2. The maximum absolute atomic E-state index is 10.1. The number of aliphatic hydroxyl groups is 1. The van der Waals surface area contributed by atoms with E-state index < -0.39 is 5.60 Å². The average molecular weight is 211 g/mol. The van der Waals surface area contributed by atoms with Gasteiger partial charge in [0.05, 0.1) is 17.0 Å². The highest BCUT2D eigenvalue weighted by Crippen LogP contribution is 2.18. The van der Waals surface area contributed by atoms with Crippen molar-refractivity contribution in [3.8, 4) is 0 Å². The molecule has 0 spiro atoms. The molecule has 1 aromatic rings. The predicted octanol–water partition coefficient (Wildman–Crippen LogP) is 1.55. The van der Waals surface area contributed by atoms with E-state index in [2.05, 4.69) is 10.4 Å². The molecule has 2 N–H and O–H groups in total. The van der Waals surface area contributed by atoms with E-state index >= 15 is 0 Å². The van der Waals surface area contributed by atoms with Crippen LogP contribution in [0.2, 0.25) is 0 Å². The lowest BCUT2D eigenvalue weighted by molar-refractivity contribution is 0.0266. The van der Waals surface area contributed by atoms with E-state index in [-0.39, 0.29) is 5.92 Å². The van der Waals surface area contributed by atoms with Gasteiger partial charge in [-0.25, -0.2) is 0 Å². The molecule has 0 radical (unpaired) electrons. The number of nitrogens with zero attached hydrogens (tertiary/aromatic N) is 2. The Morgan fingerprint density at radius 2 is 2.20 bits per heavy atom. The molecule has 15 heavy (non-hydrogen) atoms. The van der Waals surface area contributed by atoms with Gasteiger partial charge in [0.1, 0.15) is 0 Å². The molecule has 0 amide bonds. The van der Waals surface area contributed by atoms with Crippen LogP contribution in [-0.2, 0) is 7.05 Å². The molecule has 0 aliphatic heterocycles. The fourth-order valence-corrected chi connectivity index (χ4v) is 1.25. The maximum atomic E-state index is 10.1. The zero-order valence-corrected chi connectivity index (χ0v) is 10.2. The monoisotopic (exact) mass is 211 g/mol. The minimum atomic E-state index is -0.692. The first-order valence-electron chi connectivity index (χ1n) is 5.29. The topological polar surface area (TPSA) is 50.1 Å². The van der Waals surface area contributed by atoms with Crippen LogP contribution in [0.1, 0.15) is 26.5 Å². The Hall–Kier alpha value is -1.03. The molecule has 1 heterocycles. The van der Waals surface area contributed by atoms with Crippen molar-refractivity contribution in [2.24, 2.45) is 13.0 Å². The van der Waals surface area contributed by atoms with Crippen LogP contribution in [0, 0.1) is 12.8 Å². The quantitative estimate of drug-likeness (QED) is 0.794. The Kier molecular flexibility index (Phi) is 3.39.